The van der Waals surface area contributed by atoms with Gasteiger partial charge in [-0.15, -0.1) is 0 Å². The monoisotopic (exact) mass is 401 g/mol. The van der Waals surface area contributed by atoms with Gasteiger partial charge in [-0.2, -0.15) is 5.10 Å². The molecular formula is C18H14ClF2N7. The van der Waals surface area contributed by atoms with Gasteiger partial charge in [0.2, 0.25) is 0 Å². The molecule has 1 aliphatic rings. The van der Waals surface area contributed by atoms with Crippen molar-refractivity contribution in [2.45, 2.75) is 18.9 Å². The lowest BCUT2D eigenvalue weighted by molar-refractivity contribution is 0.152. The Morgan fingerprint density at radius 1 is 1.29 bits per heavy atom. The molecule has 7 nitrogen and oxygen atoms in total. The van der Waals surface area contributed by atoms with E-state index in [2.05, 4.69) is 25.0 Å². The van der Waals surface area contributed by atoms with Crippen LogP contribution in [0.15, 0.2) is 43.1 Å². The highest BCUT2D eigenvalue weighted by Crippen LogP contribution is 2.36. The molecule has 5 rings (SSSR count). The lowest BCUT2D eigenvalue weighted by Gasteiger charge is -2.34. The molecule has 4 aromatic rings. The predicted molar refractivity (Wildman–Crippen MR) is 98.7 cm³/mol. The maximum Gasteiger partial charge on any atom is 0.265 e. The SMILES string of the molecule is FC(F)c1cccn2nc([C@@H]3c4nc[nH]c4CCN3c3cncc(Cl)n3)cc12. The summed E-state index contributed by atoms with van der Waals surface area (Å²) in [6, 6.07) is 4.26. The molecule has 0 fully saturated rings. The number of hydrogen-bond donors (Lipinski definition) is 1. The Kier molecular flexibility index (Phi) is 3.97. The average molecular weight is 402 g/mol. The number of nitrogens with zero attached hydrogens (tertiary/aromatic N) is 6. The maximum absolute atomic E-state index is 13.4. The minimum absolute atomic E-state index is 0.0617. The van der Waals surface area contributed by atoms with E-state index < -0.39 is 12.5 Å². The fraction of sp³-hybridized carbons (Fsp3) is 0.222. The third-order valence-corrected chi connectivity index (χ3v) is 5.06. The van der Waals surface area contributed by atoms with Gasteiger partial charge in [0, 0.05) is 30.4 Å². The summed E-state index contributed by atoms with van der Waals surface area (Å²) in [5.41, 5.74) is 2.68. The number of alkyl halides is 2. The van der Waals surface area contributed by atoms with E-state index in [1.807, 2.05) is 4.90 Å². The topological polar surface area (TPSA) is 75.0 Å². The number of halogens is 3. The molecule has 0 unspecified atom stereocenters. The van der Waals surface area contributed by atoms with Gasteiger partial charge < -0.3 is 9.88 Å². The van der Waals surface area contributed by atoms with Gasteiger partial charge in [0.15, 0.2) is 0 Å². The molecule has 0 radical (unpaired) electrons. The Morgan fingerprint density at radius 3 is 3.00 bits per heavy atom. The molecule has 1 N–H and O–H groups in total. The molecule has 0 saturated heterocycles. The Hall–Kier alpha value is -3.07. The number of aromatic amines is 1. The van der Waals surface area contributed by atoms with Crippen molar-refractivity contribution in [2.75, 3.05) is 11.4 Å². The first kappa shape index (κ1) is 17.1. The zero-order chi connectivity index (χ0) is 19.3. The predicted octanol–water partition coefficient (Wildman–Crippen LogP) is 3.59. The van der Waals surface area contributed by atoms with Crippen molar-refractivity contribution in [1.29, 1.82) is 0 Å². The highest BCUT2D eigenvalue weighted by Gasteiger charge is 2.34. The van der Waals surface area contributed by atoms with Crippen molar-refractivity contribution in [1.82, 2.24) is 29.5 Å². The van der Waals surface area contributed by atoms with Crippen LogP contribution in [0.3, 0.4) is 0 Å². The molecule has 28 heavy (non-hydrogen) atoms. The van der Waals surface area contributed by atoms with E-state index in [1.54, 1.807) is 30.9 Å². The van der Waals surface area contributed by atoms with Crippen molar-refractivity contribution in [3.63, 3.8) is 0 Å². The van der Waals surface area contributed by atoms with Crippen molar-refractivity contribution in [3.05, 3.63) is 70.9 Å². The lowest BCUT2D eigenvalue weighted by atomic mass is 9.99. The Morgan fingerprint density at radius 2 is 2.18 bits per heavy atom. The average Bonchev–Trinajstić information content (AvgIpc) is 3.33. The molecule has 10 heteroatoms. The first-order chi connectivity index (χ1) is 13.6. The van der Waals surface area contributed by atoms with Crippen LogP contribution in [0.4, 0.5) is 14.6 Å². The minimum Gasteiger partial charge on any atom is -0.348 e. The quantitative estimate of drug-likeness (QED) is 0.568. The summed E-state index contributed by atoms with van der Waals surface area (Å²) in [4.78, 5) is 18.1. The van der Waals surface area contributed by atoms with Crippen LogP contribution in [-0.4, -0.2) is 36.1 Å². The first-order valence-electron chi connectivity index (χ1n) is 8.64. The number of aromatic nitrogens is 6. The fourth-order valence-electron chi connectivity index (χ4n) is 3.67. The molecular weight excluding hydrogens is 388 g/mol. The Balaban J connectivity index is 1.68. The third-order valence-electron chi connectivity index (χ3n) is 4.88. The summed E-state index contributed by atoms with van der Waals surface area (Å²) in [6.45, 7) is 0.629. The molecule has 0 aromatic carbocycles. The van der Waals surface area contributed by atoms with E-state index >= 15 is 0 Å². The van der Waals surface area contributed by atoms with Gasteiger partial charge in [-0.25, -0.2) is 23.3 Å². The first-order valence-corrected chi connectivity index (χ1v) is 9.02. The minimum atomic E-state index is -2.59. The van der Waals surface area contributed by atoms with Crippen LogP contribution in [0.25, 0.3) is 5.52 Å². The maximum atomic E-state index is 13.4. The third kappa shape index (κ3) is 2.70. The number of fused-ring (bicyclic) bond motifs is 2. The van der Waals surface area contributed by atoms with Crippen molar-refractivity contribution in [2.24, 2.45) is 0 Å². The molecule has 1 aliphatic heterocycles. The van der Waals surface area contributed by atoms with Crippen LogP contribution in [-0.2, 0) is 6.42 Å². The van der Waals surface area contributed by atoms with Crippen molar-refractivity contribution >= 4 is 22.9 Å². The number of hydrogen-bond acceptors (Lipinski definition) is 5. The molecule has 5 heterocycles. The number of rotatable bonds is 3. The van der Waals surface area contributed by atoms with Crippen molar-refractivity contribution in [3.8, 4) is 0 Å². The molecule has 0 saturated carbocycles. The Labute approximate surface area is 163 Å². The van der Waals surface area contributed by atoms with Gasteiger partial charge >= 0.3 is 0 Å². The van der Waals surface area contributed by atoms with Crippen LogP contribution in [0.2, 0.25) is 5.15 Å². The number of pyridine rings is 1. The molecule has 142 valence electrons. The number of H-pyrrole nitrogens is 1. The lowest BCUT2D eigenvalue weighted by Crippen LogP contribution is -2.37. The number of imidazole rings is 1. The standard InChI is InChI=1S/C18H14ClF2N7/c19-14-7-22-8-15(25-14)27-5-3-11-16(24-9-23-11)17(27)12-6-13-10(18(20)21)2-1-4-28(13)26-12/h1-2,4,6-9,17-18H,3,5H2,(H,23,24)/t17-/m1/s1. The fourth-order valence-corrected chi connectivity index (χ4v) is 3.81. The van der Waals surface area contributed by atoms with Gasteiger partial charge in [0.05, 0.1) is 35.6 Å². The zero-order valence-electron chi connectivity index (χ0n) is 14.4. The van der Waals surface area contributed by atoms with E-state index in [4.69, 9.17) is 11.6 Å². The summed E-state index contributed by atoms with van der Waals surface area (Å²) in [5, 5.41) is 4.84. The van der Waals surface area contributed by atoms with Crippen LogP contribution in [0.1, 0.15) is 35.1 Å². The number of nitrogens with one attached hydrogen (secondary N) is 1. The summed E-state index contributed by atoms with van der Waals surface area (Å²) in [5.74, 6) is 0.581. The van der Waals surface area contributed by atoms with Gasteiger partial charge in [-0.1, -0.05) is 11.6 Å². The van der Waals surface area contributed by atoms with Gasteiger partial charge in [0.25, 0.3) is 6.43 Å². The number of anilines is 1. The van der Waals surface area contributed by atoms with Gasteiger partial charge in [-0.3, -0.25) is 4.98 Å². The normalized spacial score (nSPS) is 16.7. The van der Waals surface area contributed by atoms with E-state index in [1.165, 1.54) is 16.8 Å². The van der Waals surface area contributed by atoms with E-state index in [9.17, 15) is 8.78 Å². The summed E-state index contributed by atoms with van der Waals surface area (Å²) >= 11 is 6.03. The highest BCUT2D eigenvalue weighted by atomic mass is 35.5. The van der Waals surface area contributed by atoms with Gasteiger partial charge in [0.1, 0.15) is 17.0 Å². The molecule has 0 bridgehead atoms. The largest absolute Gasteiger partial charge is 0.348 e. The summed E-state index contributed by atoms with van der Waals surface area (Å²) in [6.07, 6.45) is 4.51. The second-order valence-electron chi connectivity index (χ2n) is 6.48. The van der Waals surface area contributed by atoms with Crippen LogP contribution >= 0.6 is 11.6 Å². The van der Waals surface area contributed by atoms with Crippen LogP contribution in [0, 0.1) is 0 Å². The smallest absolute Gasteiger partial charge is 0.265 e. The second-order valence-corrected chi connectivity index (χ2v) is 6.86. The van der Waals surface area contributed by atoms with Crippen molar-refractivity contribution < 1.29 is 8.78 Å². The van der Waals surface area contributed by atoms with Crippen LogP contribution < -0.4 is 4.90 Å². The molecule has 0 spiro atoms. The molecule has 4 aromatic heterocycles. The van der Waals surface area contributed by atoms with E-state index in [-0.39, 0.29) is 10.7 Å². The van der Waals surface area contributed by atoms with E-state index in [0.29, 0.717) is 23.6 Å². The Bertz CT molecular complexity index is 1160. The van der Waals surface area contributed by atoms with Crippen LogP contribution in [0.5, 0.6) is 0 Å². The summed E-state index contributed by atoms with van der Waals surface area (Å²) < 4.78 is 28.3. The van der Waals surface area contributed by atoms with E-state index in [0.717, 1.165) is 17.8 Å². The molecule has 0 aliphatic carbocycles. The summed E-state index contributed by atoms with van der Waals surface area (Å²) in [7, 11) is 0. The molecule has 1 atom stereocenters. The van der Waals surface area contributed by atoms with Gasteiger partial charge in [-0.05, 0) is 18.2 Å². The second kappa shape index (κ2) is 6.52. The zero-order valence-corrected chi connectivity index (χ0v) is 15.2. The molecule has 0 amide bonds. The highest BCUT2D eigenvalue weighted by molar-refractivity contribution is 6.29.